The van der Waals surface area contributed by atoms with Crippen molar-refractivity contribution in [2.45, 2.75) is 0 Å². The van der Waals surface area contributed by atoms with E-state index in [1.54, 1.807) is 13.2 Å². The Balaban J connectivity index is 1.96. The zero-order chi connectivity index (χ0) is 18.1. The van der Waals surface area contributed by atoms with Gasteiger partial charge in [0, 0.05) is 17.2 Å². The van der Waals surface area contributed by atoms with E-state index in [0.29, 0.717) is 22.8 Å². The van der Waals surface area contributed by atoms with Gasteiger partial charge in [-0.1, -0.05) is 42.5 Å². The molecule has 0 unspecified atom stereocenters. The van der Waals surface area contributed by atoms with Crippen LogP contribution in [0.3, 0.4) is 0 Å². The molecule has 0 saturated carbocycles. The van der Waals surface area contributed by atoms with Crippen molar-refractivity contribution in [3.05, 3.63) is 72.4 Å². The predicted octanol–water partition coefficient (Wildman–Crippen LogP) is 3.77. The SMILES string of the molecule is COc1ccccc1-c1cc(C(=O)O)n2nc(-c3ccccc3)cc2n1. The number of fused-ring (bicyclic) bond motifs is 1. The van der Waals surface area contributed by atoms with Crippen molar-refractivity contribution in [1.82, 2.24) is 14.6 Å². The van der Waals surface area contributed by atoms with E-state index in [1.807, 2.05) is 54.6 Å². The van der Waals surface area contributed by atoms with Crippen molar-refractivity contribution in [3.8, 4) is 28.3 Å². The average Bonchev–Trinajstić information content (AvgIpc) is 3.11. The molecule has 0 atom stereocenters. The van der Waals surface area contributed by atoms with Crippen molar-refractivity contribution in [3.63, 3.8) is 0 Å². The molecule has 1 N–H and O–H groups in total. The molecule has 0 spiro atoms. The zero-order valence-corrected chi connectivity index (χ0v) is 14.0. The number of carbonyl (C=O) groups is 1. The van der Waals surface area contributed by atoms with Crippen molar-refractivity contribution in [2.24, 2.45) is 0 Å². The Hall–Kier alpha value is -3.67. The third-order valence-electron chi connectivity index (χ3n) is 4.10. The largest absolute Gasteiger partial charge is 0.496 e. The summed E-state index contributed by atoms with van der Waals surface area (Å²) in [6.45, 7) is 0. The van der Waals surface area contributed by atoms with E-state index >= 15 is 0 Å². The van der Waals surface area contributed by atoms with Gasteiger partial charge in [-0.3, -0.25) is 0 Å². The van der Waals surface area contributed by atoms with E-state index in [-0.39, 0.29) is 5.69 Å². The highest BCUT2D eigenvalue weighted by Gasteiger charge is 2.17. The first kappa shape index (κ1) is 15.8. The summed E-state index contributed by atoms with van der Waals surface area (Å²) in [4.78, 5) is 16.4. The molecule has 0 aliphatic rings. The third kappa shape index (κ3) is 2.67. The average molecular weight is 345 g/mol. The van der Waals surface area contributed by atoms with E-state index in [1.165, 1.54) is 10.6 Å². The molecule has 0 radical (unpaired) electrons. The van der Waals surface area contributed by atoms with Crippen LogP contribution in [0.4, 0.5) is 0 Å². The van der Waals surface area contributed by atoms with Gasteiger partial charge in [0.05, 0.1) is 18.5 Å². The van der Waals surface area contributed by atoms with E-state index in [2.05, 4.69) is 10.1 Å². The summed E-state index contributed by atoms with van der Waals surface area (Å²) in [6, 6.07) is 20.2. The summed E-state index contributed by atoms with van der Waals surface area (Å²) >= 11 is 0. The molecule has 2 aromatic heterocycles. The summed E-state index contributed by atoms with van der Waals surface area (Å²) < 4.78 is 6.73. The molecule has 2 aromatic carbocycles. The highest BCUT2D eigenvalue weighted by atomic mass is 16.5. The van der Waals surface area contributed by atoms with Crippen LogP contribution in [0.1, 0.15) is 10.5 Å². The normalized spacial score (nSPS) is 10.8. The van der Waals surface area contributed by atoms with Crippen LogP contribution in [0.25, 0.3) is 28.2 Å². The number of aromatic nitrogens is 3. The third-order valence-corrected chi connectivity index (χ3v) is 4.10. The smallest absolute Gasteiger partial charge is 0.354 e. The number of nitrogens with zero attached hydrogens (tertiary/aromatic N) is 3. The second-order valence-electron chi connectivity index (χ2n) is 5.70. The van der Waals surface area contributed by atoms with Crippen LogP contribution in [-0.4, -0.2) is 32.8 Å². The van der Waals surface area contributed by atoms with E-state index in [0.717, 1.165) is 11.1 Å². The first-order valence-corrected chi connectivity index (χ1v) is 8.00. The lowest BCUT2D eigenvalue weighted by Crippen LogP contribution is -2.08. The minimum absolute atomic E-state index is 0.0399. The summed E-state index contributed by atoms with van der Waals surface area (Å²) in [5.41, 5.74) is 3.31. The highest BCUT2D eigenvalue weighted by Crippen LogP contribution is 2.30. The number of benzene rings is 2. The van der Waals surface area contributed by atoms with Gasteiger partial charge in [0.2, 0.25) is 0 Å². The molecule has 0 aliphatic heterocycles. The maximum atomic E-state index is 11.8. The number of rotatable bonds is 4. The quantitative estimate of drug-likeness (QED) is 0.609. The molecular formula is C20H15N3O3. The Morgan fingerprint density at radius 1 is 1.00 bits per heavy atom. The fourth-order valence-corrected chi connectivity index (χ4v) is 2.87. The summed E-state index contributed by atoms with van der Waals surface area (Å²) in [7, 11) is 1.57. The van der Waals surface area contributed by atoms with Gasteiger partial charge in [-0.25, -0.2) is 14.3 Å². The molecule has 0 amide bonds. The van der Waals surface area contributed by atoms with Crippen LogP contribution < -0.4 is 4.74 Å². The van der Waals surface area contributed by atoms with Crippen molar-refractivity contribution in [1.29, 1.82) is 0 Å². The Bertz CT molecular complexity index is 1100. The number of para-hydroxylation sites is 1. The van der Waals surface area contributed by atoms with Gasteiger partial charge in [0.15, 0.2) is 11.3 Å². The van der Waals surface area contributed by atoms with Gasteiger partial charge >= 0.3 is 5.97 Å². The molecule has 4 aromatic rings. The zero-order valence-electron chi connectivity index (χ0n) is 14.0. The number of carboxylic acids is 1. The molecule has 128 valence electrons. The number of ether oxygens (including phenoxy) is 1. The van der Waals surface area contributed by atoms with Crippen molar-refractivity contribution >= 4 is 11.6 Å². The van der Waals surface area contributed by atoms with E-state index < -0.39 is 5.97 Å². The first-order valence-electron chi connectivity index (χ1n) is 8.00. The maximum Gasteiger partial charge on any atom is 0.354 e. The van der Waals surface area contributed by atoms with Crippen LogP contribution >= 0.6 is 0 Å². The lowest BCUT2D eigenvalue weighted by molar-refractivity contribution is 0.0687. The second-order valence-corrected chi connectivity index (χ2v) is 5.70. The molecule has 0 bridgehead atoms. The number of methoxy groups -OCH3 is 1. The number of carboxylic acid groups (broad SMARTS) is 1. The topological polar surface area (TPSA) is 76.7 Å². The molecule has 0 saturated heterocycles. The second kappa shape index (κ2) is 6.33. The number of hydrogen-bond acceptors (Lipinski definition) is 4. The van der Waals surface area contributed by atoms with Crippen LogP contribution in [0.5, 0.6) is 5.75 Å². The molecule has 0 fully saturated rings. The predicted molar refractivity (Wildman–Crippen MR) is 97.4 cm³/mol. The van der Waals surface area contributed by atoms with Crippen molar-refractivity contribution < 1.29 is 14.6 Å². The number of hydrogen-bond donors (Lipinski definition) is 1. The van der Waals surface area contributed by atoms with Gasteiger partial charge in [0.1, 0.15) is 5.75 Å². The van der Waals surface area contributed by atoms with Gasteiger partial charge in [0.25, 0.3) is 0 Å². The van der Waals surface area contributed by atoms with Crippen molar-refractivity contribution in [2.75, 3.05) is 7.11 Å². The Morgan fingerprint density at radius 3 is 2.46 bits per heavy atom. The monoisotopic (exact) mass is 345 g/mol. The lowest BCUT2D eigenvalue weighted by atomic mass is 10.1. The van der Waals surface area contributed by atoms with Gasteiger partial charge in [-0.05, 0) is 18.2 Å². The fourth-order valence-electron chi connectivity index (χ4n) is 2.87. The molecule has 2 heterocycles. The Kier molecular flexibility index (Phi) is 3.85. The maximum absolute atomic E-state index is 11.8. The van der Waals surface area contributed by atoms with Gasteiger partial charge in [-0.2, -0.15) is 5.10 Å². The molecule has 6 heteroatoms. The fraction of sp³-hybridized carbons (Fsp3) is 0.0500. The van der Waals surface area contributed by atoms with Crippen LogP contribution in [0.2, 0.25) is 0 Å². The van der Waals surface area contributed by atoms with Crippen LogP contribution in [0.15, 0.2) is 66.7 Å². The van der Waals surface area contributed by atoms with E-state index in [4.69, 9.17) is 4.74 Å². The standard InChI is InChI=1S/C20H15N3O3/c1-26-18-10-6-5-9-14(18)16-11-17(20(24)25)23-19(21-16)12-15(22-23)13-7-3-2-4-8-13/h2-12H,1H3,(H,24,25). The lowest BCUT2D eigenvalue weighted by Gasteiger charge is -2.09. The summed E-state index contributed by atoms with van der Waals surface area (Å²) in [5.74, 6) is -0.445. The first-order chi connectivity index (χ1) is 12.7. The van der Waals surface area contributed by atoms with Gasteiger partial charge in [-0.15, -0.1) is 0 Å². The summed E-state index contributed by atoms with van der Waals surface area (Å²) in [5, 5.41) is 14.1. The van der Waals surface area contributed by atoms with Crippen LogP contribution in [-0.2, 0) is 0 Å². The summed E-state index contributed by atoms with van der Waals surface area (Å²) in [6.07, 6.45) is 0. The number of aromatic carboxylic acids is 1. The molecule has 26 heavy (non-hydrogen) atoms. The minimum Gasteiger partial charge on any atom is -0.496 e. The molecular weight excluding hydrogens is 330 g/mol. The molecule has 0 aliphatic carbocycles. The highest BCUT2D eigenvalue weighted by molar-refractivity contribution is 5.88. The Morgan fingerprint density at radius 2 is 1.73 bits per heavy atom. The minimum atomic E-state index is -1.07. The molecule has 6 nitrogen and oxygen atoms in total. The van der Waals surface area contributed by atoms with Crippen LogP contribution in [0, 0.1) is 0 Å². The molecule has 4 rings (SSSR count). The van der Waals surface area contributed by atoms with Gasteiger partial charge < -0.3 is 9.84 Å². The van der Waals surface area contributed by atoms with E-state index in [9.17, 15) is 9.90 Å². The Labute approximate surface area is 149 Å².